The van der Waals surface area contributed by atoms with Crippen molar-refractivity contribution in [3.05, 3.63) is 35.9 Å². The summed E-state index contributed by atoms with van der Waals surface area (Å²) >= 11 is 0. The van der Waals surface area contributed by atoms with E-state index in [0.717, 1.165) is 5.56 Å². The van der Waals surface area contributed by atoms with Crippen molar-refractivity contribution in [1.82, 2.24) is 10.6 Å². The molecule has 0 spiro atoms. The molecule has 6 nitrogen and oxygen atoms in total. The number of hydrogen-bond acceptors (Lipinski definition) is 4. The van der Waals surface area contributed by atoms with E-state index >= 15 is 0 Å². The Morgan fingerprint density at radius 3 is 2.26 bits per heavy atom. The molecule has 0 unspecified atom stereocenters. The van der Waals surface area contributed by atoms with E-state index in [-0.39, 0.29) is 5.91 Å². The Bertz CT molecular complexity index is 501. The average molecular weight is 261 g/mol. The average Bonchev–Trinajstić information content (AvgIpc) is 2.36. The van der Waals surface area contributed by atoms with E-state index < -0.39 is 30.4 Å². The van der Waals surface area contributed by atoms with Crippen LogP contribution >= 0.6 is 0 Å². The molecular weight excluding hydrogens is 248 g/mol. The molecule has 1 aliphatic rings. The molecule has 1 aliphatic heterocycles. The molecule has 1 aromatic rings. The lowest BCUT2D eigenvalue weighted by molar-refractivity contribution is -0.306. The van der Waals surface area contributed by atoms with Crippen LogP contribution in [0.3, 0.4) is 0 Å². The molecule has 2 rings (SSSR count). The van der Waals surface area contributed by atoms with Crippen LogP contribution in [-0.2, 0) is 20.8 Å². The molecule has 2 amide bonds. The van der Waals surface area contributed by atoms with Crippen molar-refractivity contribution in [1.29, 1.82) is 0 Å². The number of rotatable bonds is 4. The van der Waals surface area contributed by atoms with Gasteiger partial charge < -0.3 is 20.5 Å². The van der Waals surface area contributed by atoms with Crippen LogP contribution in [0, 0.1) is 0 Å². The zero-order chi connectivity index (χ0) is 13.8. The van der Waals surface area contributed by atoms with Crippen molar-refractivity contribution >= 4 is 17.8 Å². The largest absolute Gasteiger partial charge is 0.550 e. The molecule has 100 valence electrons. The normalized spacial score (nSPS) is 22.5. The predicted octanol–water partition coefficient (Wildman–Crippen LogP) is -1.65. The number of carbonyl (C=O) groups is 3. The second-order valence-electron chi connectivity index (χ2n) is 4.39. The van der Waals surface area contributed by atoms with Crippen LogP contribution in [0.25, 0.3) is 0 Å². The fourth-order valence-electron chi connectivity index (χ4n) is 1.98. The van der Waals surface area contributed by atoms with Crippen LogP contribution in [0.1, 0.15) is 12.0 Å². The molecule has 0 bridgehead atoms. The molecule has 0 aromatic heterocycles. The predicted molar refractivity (Wildman–Crippen MR) is 63.6 cm³/mol. The van der Waals surface area contributed by atoms with Gasteiger partial charge in [-0.1, -0.05) is 30.3 Å². The van der Waals surface area contributed by atoms with Crippen molar-refractivity contribution in [3.63, 3.8) is 0 Å². The van der Waals surface area contributed by atoms with Crippen molar-refractivity contribution in [2.75, 3.05) is 0 Å². The number of carboxylic acids is 1. The maximum absolute atomic E-state index is 11.8. The Balaban J connectivity index is 2.00. The minimum atomic E-state index is -1.37. The monoisotopic (exact) mass is 261 g/mol. The summed E-state index contributed by atoms with van der Waals surface area (Å²) in [6, 6.07) is 7.53. The Labute approximate surface area is 109 Å². The van der Waals surface area contributed by atoms with Crippen LogP contribution in [0.4, 0.5) is 0 Å². The second-order valence-corrected chi connectivity index (χ2v) is 4.39. The SMILES string of the molecule is O=C([O-])C[C@H]1NC(=O)[C@@H](Cc2ccccc2)NC1=O. The Hall–Kier alpha value is -2.37. The lowest BCUT2D eigenvalue weighted by Crippen LogP contribution is -2.63. The highest BCUT2D eigenvalue weighted by Gasteiger charge is 2.33. The minimum Gasteiger partial charge on any atom is -0.550 e. The third-order valence-electron chi connectivity index (χ3n) is 2.92. The van der Waals surface area contributed by atoms with Crippen molar-refractivity contribution in [2.24, 2.45) is 0 Å². The summed E-state index contributed by atoms with van der Waals surface area (Å²) in [5, 5.41) is 15.4. The molecule has 1 aromatic carbocycles. The highest BCUT2D eigenvalue weighted by atomic mass is 16.4. The summed E-state index contributed by atoms with van der Waals surface area (Å²) in [4.78, 5) is 33.9. The van der Waals surface area contributed by atoms with Crippen molar-refractivity contribution in [3.8, 4) is 0 Å². The third kappa shape index (κ3) is 3.31. The Morgan fingerprint density at radius 1 is 1.05 bits per heavy atom. The van der Waals surface area contributed by atoms with Crippen LogP contribution < -0.4 is 15.7 Å². The minimum absolute atomic E-state index is 0.371. The summed E-state index contributed by atoms with van der Waals surface area (Å²) in [5.74, 6) is -2.25. The van der Waals surface area contributed by atoms with Crippen LogP contribution in [0.5, 0.6) is 0 Å². The number of piperazine rings is 1. The number of carbonyl (C=O) groups excluding carboxylic acids is 3. The van der Waals surface area contributed by atoms with E-state index in [0.29, 0.717) is 6.42 Å². The van der Waals surface area contributed by atoms with E-state index in [1.165, 1.54) is 0 Å². The third-order valence-corrected chi connectivity index (χ3v) is 2.92. The number of benzene rings is 1. The summed E-state index contributed by atoms with van der Waals surface area (Å²) < 4.78 is 0. The highest BCUT2D eigenvalue weighted by molar-refractivity contribution is 5.98. The maximum Gasteiger partial charge on any atom is 0.243 e. The molecule has 19 heavy (non-hydrogen) atoms. The summed E-state index contributed by atoms with van der Waals surface area (Å²) in [6.45, 7) is 0. The zero-order valence-electron chi connectivity index (χ0n) is 10.1. The van der Waals surface area contributed by atoms with Gasteiger partial charge in [0.05, 0.1) is 0 Å². The smallest absolute Gasteiger partial charge is 0.243 e. The molecule has 1 heterocycles. The lowest BCUT2D eigenvalue weighted by Gasteiger charge is -2.29. The van der Waals surface area contributed by atoms with Gasteiger partial charge in [-0.15, -0.1) is 0 Å². The van der Waals surface area contributed by atoms with Crippen molar-refractivity contribution in [2.45, 2.75) is 24.9 Å². The van der Waals surface area contributed by atoms with Crippen LogP contribution in [0.15, 0.2) is 30.3 Å². The first-order chi connectivity index (χ1) is 9.06. The van der Waals surface area contributed by atoms with Gasteiger partial charge in [0.15, 0.2) is 0 Å². The number of hydrogen-bond donors (Lipinski definition) is 2. The van der Waals surface area contributed by atoms with E-state index in [1.807, 2.05) is 30.3 Å². The standard InChI is InChI=1S/C13H14N2O4/c16-11(17)7-10-13(19)14-9(12(18)15-10)6-8-4-2-1-3-5-8/h1-5,9-10H,6-7H2,(H,14,19)(H,15,18)(H,16,17)/p-1/t9-,10-/m1/s1. The first-order valence-electron chi connectivity index (χ1n) is 5.91. The number of carboxylic acid groups (broad SMARTS) is 1. The molecule has 0 aliphatic carbocycles. The van der Waals surface area contributed by atoms with E-state index in [2.05, 4.69) is 10.6 Å². The van der Waals surface area contributed by atoms with Crippen LogP contribution in [0.2, 0.25) is 0 Å². The fourth-order valence-corrected chi connectivity index (χ4v) is 1.98. The zero-order valence-corrected chi connectivity index (χ0v) is 10.1. The Morgan fingerprint density at radius 2 is 1.63 bits per heavy atom. The number of nitrogens with one attached hydrogen (secondary N) is 2. The summed E-state index contributed by atoms with van der Waals surface area (Å²) in [5.41, 5.74) is 0.918. The quantitative estimate of drug-likeness (QED) is 0.678. The van der Waals surface area contributed by atoms with E-state index in [1.54, 1.807) is 0 Å². The highest BCUT2D eigenvalue weighted by Crippen LogP contribution is 2.08. The lowest BCUT2D eigenvalue weighted by atomic mass is 10.0. The summed E-state index contributed by atoms with van der Waals surface area (Å²) in [6.07, 6.45) is -0.147. The van der Waals surface area contributed by atoms with E-state index in [4.69, 9.17) is 0 Å². The Kier molecular flexibility index (Phi) is 3.79. The molecule has 2 atom stereocenters. The topological polar surface area (TPSA) is 98.3 Å². The second kappa shape index (κ2) is 5.51. The molecule has 0 radical (unpaired) electrons. The van der Waals surface area contributed by atoms with Gasteiger partial charge in [0.2, 0.25) is 11.8 Å². The maximum atomic E-state index is 11.8. The molecular formula is C13H13N2O4-. The summed E-state index contributed by atoms with van der Waals surface area (Å²) in [7, 11) is 0. The molecule has 1 fully saturated rings. The van der Waals surface area contributed by atoms with Gasteiger partial charge in [-0.3, -0.25) is 9.59 Å². The molecule has 1 saturated heterocycles. The van der Waals surface area contributed by atoms with Gasteiger partial charge in [0.1, 0.15) is 12.1 Å². The van der Waals surface area contributed by atoms with Gasteiger partial charge >= 0.3 is 0 Å². The van der Waals surface area contributed by atoms with Gasteiger partial charge in [-0.05, 0) is 5.56 Å². The van der Waals surface area contributed by atoms with E-state index in [9.17, 15) is 19.5 Å². The molecule has 2 N–H and O–H groups in total. The first-order valence-corrected chi connectivity index (χ1v) is 5.91. The fraction of sp³-hybridized carbons (Fsp3) is 0.308. The number of amides is 2. The van der Waals surface area contributed by atoms with Crippen LogP contribution in [-0.4, -0.2) is 29.9 Å². The van der Waals surface area contributed by atoms with Gasteiger partial charge in [0.25, 0.3) is 0 Å². The molecule has 0 saturated carbocycles. The van der Waals surface area contributed by atoms with Crippen molar-refractivity contribution < 1.29 is 19.5 Å². The van der Waals surface area contributed by atoms with Gasteiger partial charge in [0, 0.05) is 18.8 Å². The first kappa shape index (κ1) is 13.1. The number of aliphatic carboxylic acids is 1. The van der Waals surface area contributed by atoms with Gasteiger partial charge in [-0.25, -0.2) is 0 Å². The van der Waals surface area contributed by atoms with Gasteiger partial charge in [-0.2, -0.15) is 0 Å². The molecule has 6 heteroatoms.